The summed E-state index contributed by atoms with van der Waals surface area (Å²) in [6.45, 7) is 1.58. The first-order valence-electron chi connectivity index (χ1n) is 9.52. The van der Waals surface area contributed by atoms with Crippen LogP contribution in [0.2, 0.25) is 0 Å². The molecule has 0 atom stereocenters. The number of carbonyl (C=O) groups is 3. The number of amides is 2. The van der Waals surface area contributed by atoms with Crippen LogP contribution in [0.25, 0.3) is 11.3 Å². The van der Waals surface area contributed by atoms with Gasteiger partial charge in [-0.25, -0.2) is 9.78 Å². The Bertz CT molecular complexity index is 970. The van der Waals surface area contributed by atoms with E-state index in [0.29, 0.717) is 5.56 Å². The molecule has 3 N–H and O–H groups in total. The van der Waals surface area contributed by atoms with Crippen molar-refractivity contribution in [3.8, 4) is 11.3 Å². The van der Waals surface area contributed by atoms with E-state index in [1.54, 1.807) is 30.3 Å². The van der Waals surface area contributed by atoms with E-state index in [1.165, 1.54) is 0 Å². The normalized spacial score (nSPS) is 14.3. The summed E-state index contributed by atoms with van der Waals surface area (Å²) < 4.78 is 31.7. The van der Waals surface area contributed by atoms with E-state index in [4.69, 9.17) is 20.6 Å². The summed E-state index contributed by atoms with van der Waals surface area (Å²) in [7, 11) is 3.48. The van der Waals surface area contributed by atoms with Crippen LogP contribution >= 0.6 is 11.3 Å². The molecule has 2 aromatic rings. The van der Waals surface area contributed by atoms with Gasteiger partial charge in [0.2, 0.25) is 5.91 Å². The molecule has 3 rings (SSSR count). The molecule has 2 amide bonds. The summed E-state index contributed by atoms with van der Waals surface area (Å²) in [5.41, 5.74) is 7.84. The smallest absolute Gasteiger partial charge is 0.475 e. The molecule has 8 nitrogen and oxygen atoms in total. The van der Waals surface area contributed by atoms with Gasteiger partial charge in [0.1, 0.15) is 0 Å². The average molecular weight is 472 g/mol. The molecule has 1 aliphatic heterocycles. The molecular formula is C20H23F3N4O4S. The van der Waals surface area contributed by atoms with Gasteiger partial charge in [-0.2, -0.15) is 13.2 Å². The SMILES string of the molecule is CN(C)C(=O)c1cccc(-c2csc(N3CCC(C(N)=O)CC3)n2)c1.O=C(O)C(F)(F)F. The number of primary amides is 1. The lowest BCUT2D eigenvalue weighted by molar-refractivity contribution is -0.192. The number of thiazole rings is 1. The van der Waals surface area contributed by atoms with Crippen molar-refractivity contribution < 1.29 is 32.7 Å². The summed E-state index contributed by atoms with van der Waals surface area (Å²) in [6, 6.07) is 7.53. The first-order chi connectivity index (χ1) is 14.9. The molecule has 174 valence electrons. The highest BCUT2D eigenvalue weighted by molar-refractivity contribution is 7.14. The Morgan fingerprint density at radius 2 is 1.81 bits per heavy atom. The number of alkyl halides is 3. The number of carbonyl (C=O) groups excluding carboxylic acids is 2. The van der Waals surface area contributed by atoms with Crippen LogP contribution in [-0.2, 0) is 9.59 Å². The monoisotopic (exact) mass is 472 g/mol. The largest absolute Gasteiger partial charge is 0.490 e. The van der Waals surface area contributed by atoms with Gasteiger partial charge >= 0.3 is 12.1 Å². The maximum absolute atomic E-state index is 12.1. The zero-order chi connectivity index (χ0) is 24.1. The summed E-state index contributed by atoms with van der Waals surface area (Å²) in [6.07, 6.45) is -3.53. The average Bonchev–Trinajstić information content (AvgIpc) is 3.23. The number of piperidine rings is 1. The molecule has 0 radical (unpaired) electrons. The molecular weight excluding hydrogens is 449 g/mol. The lowest BCUT2D eigenvalue weighted by atomic mass is 9.97. The van der Waals surface area contributed by atoms with Crippen LogP contribution in [0.3, 0.4) is 0 Å². The van der Waals surface area contributed by atoms with Gasteiger partial charge in [-0.3, -0.25) is 9.59 Å². The van der Waals surface area contributed by atoms with E-state index < -0.39 is 12.1 Å². The van der Waals surface area contributed by atoms with Gasteiger partial charge in [0.05, 0.1) is 5.69 Å². The molecule has 0 saturated carbocycles. The topological polar surface area (TPSA) is 117 Å². The Morgan fingerprint density at radius 3 is 2.31 bits per heavy atom. The lowest BCUT2D eigenvalue weighted by Gasteiger charge is -2.30. The first kappa shape index (κ1) is 25.1. The number of hydrogen-bond donors (Lipinski definition) is 2. The molecule has 1 fully saturated rings. The van der Waals surface area contributed by atoms with E-state index >= 15 is 0 Å². The maximum atomic E-state index is 12.1. The highest BCUT2D eigenvalue weighted by Gasteiger charge is 2.38. The predicted octanol–water partition coefficient (Wildman–Crippen LogP) is 2.85. The fourth-order valence-corrected chi connectivity index (χ4v) is 3.86. The van der Waals surface area contributed by atoms with Crippen LogP contribution < -0.4 is 10.6 Å². The number of nitrogens with two attached hydrogens (primary N) is 1. The molecule has 2 heterocycles. The number of aliphatic carboxylic acids is 1. The number of hydrogen-bond acceptors (Lipinski definition) is 6. The number of benzene rings is 1. The Labute approximate surface area is 186 Å². The van der Waals surface area contributed by atoms with Gasteiger partial charge in [-0.15, -0.1) is 11.3 Å². The number of halogens is 3. The third-order valence-corrected chi connectivity index (χ3v) is 5.62. The molecule has 32 heavy (non-hydrogen) atoms. The minimum Gasteiger partial charge on any atom is -0.475 e. The Kier molecular flexibility index (Phi) is 8.19. The second kappa shape index (κ2) is 10.4. The second-order valence-electron chi connectivity index (χ2n) is 7.26. The van der Waals surface area contributed by atoms with Crippen LogP contribution in [0, 0.1) is 5.92 Å². The molecule has 1 aromatic carbocycles. The van der Waals surface area contributed by atoms with E-state index in [9.17, 15) is 22.8 Å². The minimum atomic E-state index is -5.08. The number of rotatable bonds is 4. The van der Waals surface area contributed by atoms with Crippen molar-refractivity contribution in [3.05, 3.63) is 35.2 Å². The van der Waals surface area contributed by atoms with Gasteiger partial charge in [0.25, 0.3) is 5.91 Å². The molecule has 12 heteroatoms. The van der Waals surface area contributed by atoms with Crippen LogP contribution in [0.4, 0.5) is 18.3 Å². The second-order valence-corrected chi connectivity index (χ2v) is 8.10. The number of aromatic nitrogens is 1. The van der Waals surface area contributed by atoms with Crippen molar-refractivity contribution in [3.63, 3.8) is 0 Å². The number of nitrogens with zero attached hydrogens (tertiary/aromatic N) is 3. The Morgan fingerprint density at radius 1 is 1.22 bits per heavy atom. The highest BCUT2D eigenvalue weighted by Crippen LogP contribution is 2.30. The molecule has 0 unspecified atom stereocenters. The molecule has 1 aromatic heterocycles. The van der Waals surface area contributed by atoms with Gasteiger partial charge in [0.15, 0.2) is 5.13 Å². The molecule has 1 aliphatic rings. The number of carboxylic acids is 1. The maximum Gasteiger partial charge on any atom is 0.490 e. The van der Waals surface area contributed by atoms with Gasteiger partial charge < -0.3 is 20.6 Å². The van der Waals surface area contributed by atoms with Crippen LogP contribution in [0.15, 0.2) is 29.6 Å². The lowest BCUT2D eigenvalue weighted by Crippen LogP contribution is -2.38. The predicted molar refractivity (Wildman–Crippen MR) is 113 cm³/mol. The fraction of sp³-hybridized carbons (Fsp3) is 0.400. The summed E-state index contributed by atoms with van der Waals surface area (Å²) in [4.78, 5) is 40.8. The van der Waals surface area contributed by atoms with E-state index in [1.807, 2.05) is 29.6 Å². The van der Waals surface area contributed by atoms with Crippen LogP contribution in [0.5, 0.6) is 0 Å². The molecule has 0 aliphatic carbocycles. The standard InChI is InChI=1S/C18H22N4O2S.C2HF3O2/c1-21(2)17(24)14-5-3-4-13(10-14)15-11-25-18(20-15)22-8-6-12(7-9-22)16(19)23;3-2(4,5)1(6)7/h3-5,10-12H,6-9H2,1-2H3,(H2,19,23);(H,6,7). The van der Waals surface area contributed by atoms with Gasteiger partial charge in [0, 0.05) is 49.6 Å². The number of carboxylic acid groups (broad SMARTS) is 1. The summed E-state index contributed by atoms with van der Waals surface area (Å²) in [5, 5.41) is 10.1. The van der Waals surface area contributed by atoms with Crippen molar-refractivity contribution in [1.29, 1.82) is 0 Å². The summed E-state index contributed by atoms with van der Waals surface area (Å²) in [5.74, 6) is -3.01. The van der Waals surface area contributed by atoms with Crippen molar-refractivity contribution >= 4 is 34.3 Å². The van der Waals surface area contributed by atoms with Crippen molar-refractivity contribution in [2.24, 2.45) is 11.7 Å². The van der Waals surface area contributed by atoms with Crippen molar-refractivity contribution in [1.82, 2.24) is 9.88 Å². The highest BCUT2D eigenvalue weighted by atomic mass is 32.1. The Balaban J connectivity index is 0.000000451. The zero-order valence-corrected chi connectivity index (χ0v) is 18.2. The zero-order valence-electron chi connectivity index (χ0n) is 17.4. The molecule has 1 saturated heterocycles. The fourth-order valence-electron chi connectivity index (χ4n) is 2.97. The summed E-state index contributed by atoms with van der Waals surface area (Å²) >= 11 is 1.58. The van der Waals surface area contributed by atoms with E-state index in [2.05, 4.69) is 4.90 Å². The van der Waals surface area contributed by atoms with E-state index in [-0.39, 0.29) is 17.7 Å². The number of anilines is 1. The first-order valence-corrected chi connectivity index (χ1v) is 10.4. The van der Waals surface area contributed by atoms with Crippen molar-refractivity contribution in [2.45, 2.75) is 19.0 Å². The molecule has 0 bridgehead atoms. The van der Waals surface area contributed by atoms with Crippen LogP contribution in [0.1, 0.15) is 23.2 Å². The Hall–Kier alpha value is -3.15. The van der Waals surface area contributed by atoms with Crippen molar-refractivity contribution in [2.75, 3.05) is 32.1 Å². The third-order valence-electron chi connectivity index (χ3n) is 4.71. The quantitative estimate of drug-likeness (QED) is 0.707. The van der Waals surface area contributed by atoms with Gasteiger partial charge in [-0.1, -0.05) is 12.1 Å². The molecule has 0 spiro atoms. The third kappa shape index (κ3) is 6.67. The van der Waals surface area contributed by atoms with E-state index in [0.717, 1.165) is 42.3 Å². The minimum absolute atomic E-state index is 0.0224. The van der Waals surface area contributed by atoms with Crippen LogP contribution in [-0.4, -0.2) is 66.1 Å². The van der Waals surface area contributed by atoms with Gasteiger partial charge in [-0.05, 0) is 25.0 Å².